The Morgan fingerprint density at radius 2 is 2.08 bits per heavy atom. The number of hydrogen-bond donors (Lipinski definition) is 2. The fraction of sp³-hybridized carbons (Fsp3) is 0.316. The lowest BCUT2D eigenvalue weighted by atomic mass is 9.94. The Labute approximate surface area is 155 Å². The molecular weight excluding hydrogens is 346 g/mol. The molecule has 1 aromatic carbocycles. The molecule has 2 aliphatic rings. The molecule has 1 aliphatic heterocycles. The number of aryl methyl sites for hydroxylation is 2. The minimum Gasteiger partial charge on any atom is -0.351 e. The molecule has 0 atom stereocenters. The highest BCUT2D eigenvalue weighted by molar-refractivity contribution is 7.98. The van der Waals surface area contributed by atoms with Crippen molar-refractivity contribution in [2.24, 2.45) is 0 Å². The van der Waals surface area contributed by atoms with Crippen LogP contribution in [0.25, 0.3) is 11.3 Å². The first-order valence-corrected chi connectivity index (χ1v) is 9.92. The topological polar surface area (TPSA) is 75.6 Å². The van der Waals surface area contributed by atoms with Gasteiger partial charge in [-0.05, 0) is 24.8 Å². The zero-order chi connectivity index (χ0) is 17.5. The van der Waals surface area contributed by atoms with E-state index in [-0.39, 0.29) is 5.91 Å². The summed E-state index contributed by atoms with van der Waals surface area (Å²) in [6.45, 7) is 1.49. The maximum absolute atomic E-state index is 12.5. The zero-order valence-electron chi connectivity index (χ0n) is 14.3. The molecule has 1 aliphatic carbocycles. The summed E-state index contributed by atoms with van der Waals surface area (Å²) in [5.41, 5.74) is 6.22. The lowest BCUT2D eigenvalue weighted by Crippen LogP contribution is -2.24. The molecule has 0 spiro atoms. The summed E-state index contributed by atoms with van der Waals surface area (Å²) in [4.78, 5) is 12.5. The third kappa shape index (κ3) is 2.54. The first-order valence-electron chi connectivity index (χ1n) is 8.93. The van der Waals surface area contributed by atoms with Crippen LogP contribution in [0.5, 0.6) is 0 Å². The van der Waals surface area contributed by atoms with Gasteiger partial charge < -0.3 is 5.32 Å². The van der Waals surface area contributed by atoms with Crippen LogP contribution in [0.1, 0.15) is 33.7 Å². The van der Waals surface area contributed by atoms with E-state index in [2.05, 4.69) is 39.8 Å². The molecule has 1 amide bonds. The van der Waals surface area contributed by atoms with Crippen molar-refractivity contribution in [1.29, 1.82) is 0 Å². The Kier molecular flexibility index (Phi) is 3.81. The van der Waals surface area contributed by atoms with Crippen LogP contribution in [-0.4, -0.2) is 32.4 Å². The van der Waals surface area contributed by atoms with Gasteiger partial charge in [-0.15, -0.1) is 0 Å². The van der Waals surface area contributed by atoms with Gasteiger partial charge in [-0.2, -0.15) is 10.2 Å². The van der Waals surface area contributed by atoms with Gasteiger partial charge in [0.25, 0.3) is 5.91 Å². The van der Waals surface area contributed by atoms with Gasteiger partial charge in [0.2, 0.25) is 0 Å². The predicted octanol–water partition coefficient (Wildman–Crippen LogP) is 2.80. The number of fused-ring (bicyclic) bond motifs is 5. The maximum Gasteiger partial charge on any atom is 0.269 e. The lowest BCUT2D eigenvalue weighted by Gasteiger charge is -2.12. The smallest absolute Gasteiger partial charge is 0.269 e. The van der Waals surface area contributed by atoms with Crippen LogP contribution in [0.4, 0.5) is 0 Å². The largest absolute Gasteiger partial charge is 0.351 e. The second-order valence-electron chi connectivity index (χ2n) is 6.66. The van der Waals surface area contributed by atoms with E-state index in [1.807, 2.05) is 10.7 Å². The molecule has 6 nitrogen and oxygen atoms in total. The van der Waals surface area contributed by atoms with Gasteiger partial charge in [0, 0.05) is 30.1 Å². The first-order chi connectivity index (χ1) is 12.8. The van der Waals surface area contributed by atoms with Gasteiger partial charge in [0.1, 0.15) is 16.4 Å². The maximum atomic E-state index is 12.5. The van der Waals surface area contributed by atoms with Gasteiger partial charge in [-0.25, -0.2) is 0 Å². The molecule has 0 fully saturated rings. The molecule has 0 saturated carbocycles. The number of aromatic nitrogens is 4. The van der Waals surface area contributed by atoms with Crippen LogP contribution >= 0.6 is 11.8 Å². The minimum absolute atomic E-state index is 0.00156. The van der Waals surface area contributed by atoms with Crippen LogP contribution in [0.15, 0.2) is 35.4 Å². The molecule has 0 unspecified atom stereocenters. The standard InChI is InChI=1S/C19H19N5OS/c25-18-17-13-7-8-14-15(16(13)23-24(17)10-4-9-20-18)19(22-21-14)26-11-12-5-2-1-3-6-12/h1-3,5-6H,4,7-11H2,(H,20,25)(H,21,22). The molecule has 2 aromatic heterocycles. The number of carbonyl (C=O) groups excluding carboxylic acids is 1. The second kappa shape index (κ2) is 6.32. The summed E-state index contributed by atoms with van der Waals surface area (Å²) in [5, 5.41) is 16.5. The minimum atomic E-state index is 0.00156. The van der Waals surface area contributed by atoms with Gasteiger partial charge in [-0.1, -0.05) is 42.1 Å². The normalized spacial score (nSPS) is 15.6. The molecule has 3 heterocycles. The van der Waals surface area contributed by atoms with Gasteiger partial charge >= 0.3 is 0 Å². The summed E-state index contributed by atoms with van der Waals surface area (Å²) < 4.78 is 1.89. The van der Waals surface area contributed by atoms with Gasteiger partial charge in [0.15, 0.2) is 0 Å². The number of hydrogen-bond acceptors (Lipinski definition) is 4. The fourth-order valence-electron chi connectivity index (χ4n) is 3.73. The Morgan fingerprint density at radius 3 is 2.96 bits per heavy atom. The van der Waals surface area contributed by atoms with Crippen LogP contribution in [0.3, 0.4) is 0 Å². The Balaban J connectivity index is 1.53. The van der Waals surface area contributed by atoms with Crippen molar-refractivity contribution in [2.75, 3.05) is 6.54 Å². The van der Waals surface area contributed by atoms with E-state index in [4.69, 9.17) is 5.10 Å². The SMILES string of the molecule is O=C1NCCCn2nc3c(c21)CCc1[nH]nc(SCc2ccccc2)c1-3. The Hall–Kier alpha value is -2.54. The second-order valence-corrected chi connectivity index (χ2v) is 7.63. The zero-order valence-corrected chi connectivity index (χ0v) is 15.1. The van der Waals surface area contributed by atoms with Crippen molar-refractivity contribution in [3.05, 3.63) is 52.8 Å². The number of rotatable bonds is 3. The average Bonchev–Trinajstić information content (AvgIpc) is 3.20. The fourth-order valence-corrected chi connectivity index (χ4v) is 4.70. The number of nitrogens with zero attached hydrogens (tertiary/aromatic N) is 3. The van der Waals surface area contributed by atoms with Crippen LogP contribution in [-0.2, 0) is 25.1 Å². The molecule has 0 radical (unpaired) electrons. The van der Waals surface area contributed by atoms with E-state index in [1.54, 1.807) is 11.8 Å². The molecule has 5 rings (SSSR count). The van der Waals surface area contributed by atoms with E-state index < -0.39 is 0 Å². The molecule has 3 aromatic rings. The number of nitrogens with one attached hydrogen (secondary N) is 2. The predicted molar refractivity (Wildman–Crippen MR) is 100 cm³/mol. The number of carbonyl (C=O) groups is 1. The number of H-pyrrole nitrogens is 1. The molecule has 0 saturated heterocycles. The van der Waals surface area contributed by atoms with E-state index in [0.29, 0.717) is 6.54 Å². The highest BCUT2D eigenvalue weighted by atomic mass is 32.2. The van der Waals surface area contributed by atoms with Crippen molar-refractivity contribution >= 4 is 17.7 Å². The number of benzene rings is 1. The monoisotopic (exact) mass is 365 g/mol. The van der Waals surface area contributed by atoms with Crippen molar-refractivity contribution in [3.8, 4) is 11.3 Å². The van der Waals surface area contributed by atoms with E-state index >= 15 is 0 Å². The number of thioether (sulfide) groups is 1. The molecule has 0 bridgehead atoms. The van der Waals surface area contributed by atoms with Crippen LogP contribution in [0.2, 0.25) is 0 Å². The third-order valence-electron chi connectivity index (χ3n) is 4.99. The summed E-state index contributed by atoms with van der Waals surface area (Å²) >= 11 is 1.72. The van der Waals surface area contributed by atoms with Crippen molar-refractivity contribution in [1.82, 2.24) is 25.3 Å². The van der Waals surface area contributed by atoms with Crippen molar-refractivity contribution in [2.45, 2.75) is 36.6 Å². The average molecular weight is 365 g/mol. The first kappa shape index (κ1) is 15.7. The third-order valence-corrected chi connectivity index (χ3v) is 6.03. The van der Waals surface area contributed by atoms with E-state index in [0.717, 1.165) is 64.8 Å². The highest BCUT2D eigenvalue weighted by Gasteiger charge is 2.32. The summed E-state index contributed by atoms with van der Waals surface area (Å²) in [7, 11) is 0. The molecule has 2 N–H and O–H groups in total. The van der Waals surface area contributed by atoms with Crippen molar-refractivity contribution in [3.63, 3.8) is 0 Å². The summed E-state index contributed by atoms with van der Waals surface area (Å²) in [5.74, 6) is 0.864. The quantitative estimate of drug-likeness (QED) is 0.700. The van der Waals surface area contributed by atoms with Gasteiger partial charge in [0.05, 0.1) is 5.56 Å². The molecule has 26 heavy (non-hydrogen) atoms. The molecular formula is C19H19N5OS. The van der Waals surface area contributed by atoms with Crippen molar-refractivity contribution < 1.29 is 4.79 Å². The van der Waals surface area contributed by atoms with Crippen LogP contribution in [0, 0.1) is 0 Å². The number of aromatic amines is 1. The Morgan fingerprint density at radius 1 is 1.19 bits per heavy atom. The summed E-state index contributed by atoms with van der Waals surface area (Å²) in [6.07, 6.45) is 2.61. The molecule has 132 valence electrons. The van der Waals surface area contributed by atoms with E-state index in [9.17, 15) is 4.79 Å². The van der Waals surface area contributed by atoms with Crippen LogP contribution < -0.4 is 5.32 Å². The van der Waals surface area contributed by atoms with Gasteiger partial charge in [-0.3, -0.25) is 14.6 Å². The number of amides is 1. The molecule has 7 heteroatoms. The lowest BCUT2D eigenvalue weighted by molar-refractivity contribution is 0.0949. The van der Waals surface area contributed by atoms with E-state index in [1.165, 1.54) is 5.56 Å². The highest BCUT2D eigenvalue weighted by Crippen LogP contribution is 2.40. The Bertz CT molecular complexity index is 975. The summed E-state index contributed by atoms with van der Waals surface area (Å²) in [6, 6.07) is 10.4.